The molecular formula is C22H23N3O5. The summed E-state index contributed by atoms with van der Waals surface area (Å²) in [5.41, 5.74) is -0.984. The number of phenols is 1. The van der Waals surface area contributed by atoms with E-state index in [9.17, 15) is 14.7 Å². The maximum Gasteiger partial charge on any atom is 0.253 e. The van der Waals surface area contributed by atoms with Gasteiger partial charge in [-0.3, -0.25) is 9.59 Å². The molecule has 3 N–H and O–H groups in total. The molecule has 1 unspecified atom stereocenters. The van der Waals surface area contributed by atoms with Gasteiger partial charge in [0.25, 0.3) is 10.9 Å². The molecule has 0 fully saturated rings. The van der Waals surface area contributed by atoms with Crippen LogP contribution in [0, 0.1) is 18.3 Å². The molecule has 2 aromatic carbocycles. The Hall–Kier alpha value is -3.57. The first-order valence-electron chi connectivity index (χ1n) is 9.69. The number of ether oxygens (including phenoxy) is 1. The zero-order valence-corrected chi connectivity index (χ0v) is 16.8. The van der Waals surface area contributed by atoms with Gasteiger partial charge in [0.1, 0.15) is 29.0 Å². The van der Waals surface area contributed by atoms with Gasteiger partial charge >= 0.3 is 0 Å². The van der Waals surface area contributed by atoms with Crippen molar-refractivity contribution < 1.29 is 14.3 Å². The van der Waals surface area contributed by atoms with Crippen LogP contribution in [-0.4, -0.2) is 18.3 Å². The van der Waals surface area contributed by atoms with Gasteiger partial charge in [-0.1, -0.05) is 13.0 Å². The minimum absolute atomic E-state index is 0.0353. The highest BCUT2D eigenvalue weighted by Gasteiger charge is 2.26. The smallest absolute Gasteiger partial charge is 0.253 e. The van der Waals surface area contributed by atoms with E-state index >= 15 is 0 Å². The molecule has 1 heterocycles. The van der Waals surface area contributed by atoms with Crippen LogP contribution in [0.4, 0.5) is 17.1 Å². The van der Waals surface area contributed by atoms with Gasteiger partial charge in [0.2, 0.25) is 0 Å². The summed E-state index contributed by atoms with van der Waals surface area (Å²) in [4.78, 5) is 24.4. The number of nitrogens with one attached hydrogen (secondary N) is 2. The highest BCUT2D eigenvalue weighted by atomic mass is 16.5. The number of aryl methyl sites for hydroxylation is 1. The van der Waals surface area contributed by atoms with Crippen molar-refractivity contribution in [3.8, 4) is 11.8 Å². The quantitative estimate of drug-likeness (QED) is 0.264. The van der Waals surface area contributed by atoms with E-state index in [1.54, 1.807) is 6.07 Å². The maximum absolute atomic E-state index is 12.2. The van der Waals surface area contributed by atoms with Gasteiger partial charge in [-0.25, -0.2) is 0 Å². The van der Waals surface area contributed by atoms with E-state index in [2.05, 4.69) is 10.6 Å². The fraction of sp³-hybridized carbons (Fsp3) is 0.318. The molecule has 0 amide bonds. The van der Waals surface area contributed by atoms with Crippen molar-refractivity contribution in [2.75, 3.05) is 23.8 Å². The number of furan rings is 1. The highest BCUT2D eigenvalue weighted by molar-refractivity contribution is 5.81. The summed E-state index contributed by atoms with van der Waals surface area (Å²) < 4.78 is 11.3. The lowest BCUT2D eigenvalue weighted by atomic mass is 10.1. The number of hydrogen-bond acceptors (Lipinski definition) is 8. The van der Waals surface area contributed by atoms with Crippen molar-refractivity contribution in [2.24, 2.45) is 0 Å². The molecule has 0 aliphatic heterocycles. The number of aromatic hydroxyl groups is 1. The Morgan fingerprint density at radius 2 is 1.93 bits per heavy atom. The van der Waals surface area contributed by atoms with E-state index in [0.717, 1.165) is 12.2 Å². The van der Waals surface area contributed by atoms with Gasteiger partial charge in [0.15, 0.2) is 5.75 Å². The lowest BCUT2D eigenvalue weighted by Crippen LogP contribution is -2.37. The molecule has 1 atom stereocenters. The van der Waals surface area contributed by atoms with Crippen LogP contribution in [-0.2, 0) is 4.74 Å². The first-order chi connectivity index (χ1) is 14.5. The van der Waals surface area contributed by atoms with Gasteiger partial charge in [0, 0.05) is 13.2 Å². The van der Waals surface area contributed by atoms with Gasteiger partial charge in [-0.2, -0.15) is 5.26 Å². The molecule has 1 aromatic heterocycles. The summed E-state index contributed by atoms with van der Waals surface area (Å²) >= 11 is 0. The molecule has 0 saturated heterocycles. The van der Waals surface area contributed by atoms with Crippen molar-refractivity contribution in [3.63, 3.8) is 0 Å². The van der Waals surface area contributed by atoms with E-state index < -0.39 is 10.9 Å². The number of benzene rings is 1. The Morgan fingerprint density at radius 3 is 2.60 bits per heavy atom. The van der Waals surface area contributed by atoms with Crippen molar-refractivity contribution in [2.45, 2.75) is 32.7 Å². The third kappa shape index (κ3) is 4.36. The van der Waals surface area contributed by atoms with Crippen molar-refractivity contribution in [1.29, 1.82) is 5.26 Å². The number of nitriles is 1. The molecule has 0 bridgehead atoms. The number of hydrogen-bond donors (Lipinski definition) is 3. The summed E-state index contributed by atoms with van der Waals surface area (Å²) in [6.45, 7) is 4.92. The van der Waals surface area contributed by atoms with Crippen LogP contribution in [0.5, 0.6) is 5.75 Å². The molecule has 0 aliphatic rings. The van der Waals surface area contributed by atoms with E-state index in [4.69, 9.17) is 14.4 Å². The molecule has 3 aromatic rings. The molecular weight excluding hydrogens is 386 g/mol. The Bertz CT molecular complexity index is 1130. The Morgan fingerprint density at radius 1 is 1.17 bits per heavy atom. The van der Waals surface area contributed by atoms with Crippen molar-refractivity contribution >= 4 is 17.1 Å². The van der Waals surface area contributed by atoms with Crippen LogP contribution >= 0.6 is 0 Å². The lowest BCUT2D eigenvalue weighted by molar-refractivity contribution is 0.127. The van der Waals surface area contributed by atoms with Crippen molar-refractivity contribution in [3.05, 3.63) is 67.9 Å². The normalized spacial score (nSPS) is 11.9. The van der Waals surface area contributed by atoms with Gasteiger partial charge < -0.3 is 24.9 Å². The maximum atomic E-state index is 12.2. The monoisotopic (exact) mass is 409 g/mol. The zero-order chi connectivity index (χ0) is 21.7. The predicted molar refractivity (Wildman–Crippen MR) is 113 cm³/mol. The second-order valence-corrected chi connectivity index (χ2v) is 6.89. The van der Waals surface area contributed by atoms with Crippen LogP contribution in [0.25, 0.3) is 0 Å². The van der Waals surface area contributed by atoms with E-state index in [1.807, 2.05) is 32.0 Å². The lowest BCUT2D eigenvalue weighted by Gasteiger charge is -2.21. The fourth-order valence-corrected chi connectivity index (χ4v) is 3.07. The number of anilines is 3. The second kappa shape index (κ2) is 9.29. The molecule has 0 radical (unpaired) electrons. The Balaban J connectivity index is 1.84. The minimum Gasteiger partial charge on any atom is -0.504 e. The van der Waals surface area contributed by atoms with Gasteiger partial charge in [-0.05, 0) is 44.0 Å². The molecule has 8 nitrogen and oxygen atoms in total. The summed E-state index contributed by atoms with van der Waals surface area (Å²) in [6.07, 6.45) is 1.43. The third-order valence-electron chi connectivity index (χ3n) is 4.65. The average molecular weight is 409 g/mol. The Kier molecular flexibility index (Phi) is 6.54. The van der Waals surface area contributed by atoms with Crippen LogP contribution in [0.1, 0.15) is 42.9 Å². The predicted octanol–water partition coefficient (Wildman–Crippen LogP) is 3.47. The average Bonchev–Trinajstić information content (AvgIpc) is 3.18. The Labute approximate surface area is 173 Å². The van der Waals surface area contributed by atoms with E-state index in [0.29, 0.717) is 25.4 Å². The zero-order valence-electron chi connectivity index (χ0n) is 16.8. The fourth-order valence-electron chi connectivity index (χ4n) is 3.07. The molecule has 0 aliphatic carbocycles. The summed E-state index contributed by atoms with van der Waals surface area (Å²) in [5.74, 6) is 1.07. The van der Waals surface area contributed by atoms with Crippen molar-refractivity contribution in [1.82, 2.24) is 0 Å². The molecule has 30 heavy (non-hydrogen) atoms. The largest absolute Gasteiger partial charge is 0.504 e. The van der Waals surface area contributed by atoms with E-state index in [-0.39, 0.29) is 34.4 Å². The van der Waals surface area contributed by atoms with Crippen LogP contribution < -0.4 is 21.5 Å². The summed E-state index contributed by atoms with van der Waals surface area (Å²) in [7, 11) is 0. The second-order valence-electron chi connectivity index (χ2n) is 6.89. The molecule has 0 saturated carbocycles. The number of phenolic OH excluding ortho intramolecular Hbond substituents is 1. The van der Waals surface area contributed by atoms with Crippen LogP contribution in [0.2, 0.25) is 0 Å². The summed E-state index contributed by atoms with van der Waals surface area (Å²) in [6, 6.07) is 9.66. The number of para-hydroxylation sites is 1. The molecule has 0 spiro atoms. The van der Waals surface area contributed by atoms with Gasteiger partial charge in [-0.15, -0.1) is 0 Å². The first-order valence-corrected chi connectivity index (χ1v) is 9.69. The molecule has 156 valence electrons. The van der Waals surface area contributed by atoms with E-state index in [1.165, 1.54) is 12.1 Å². The first kappa shape index (κ1) is 21.1. The minimum atomic E-state index is -0.698. The van der Waals surface area contributed by atoms with Crippen LogP contribution in [0.3, 0.4) is 0 Å². The number of nitrogens with zero attached hydrogens (tertiary/aromatic N) is 1. The molecule has 3 rings (SSSR count). The number of rotatable bonds is 10. The molecule has 8 heteroatoms. The van der Waals surface area contributed by atoms with Crippen LogP contribution in [0.15, 0.2) is 44.3 Å². The standard InChI is InChI=1S/C22H23N3O5/c1-3-10-29-11-9-15(17-8-7-13(2)30-17)24-18-19(22(28)21(18)27)25-16-6-4-5-14(12-23)20(16)26/h4-8,15,24-26H,3,9-11H2,1-2H3. The third-order valence-corrected chi connectivity index (χ3v) is 4.65. The topological polar surface area (TPSA) is 125 Å². The SMILES string of the molecule is CCCOCCC(Nc1c(Nc2cccc(C#N)c2O)c(=O)c1=O)c1ccc(C)o1. The van der Waals surface area contributed by atoms with Gasteiger partial charge in [0.05, 0.1) is 17.3 Å². The summed E-state index contributed by atoms with van der Waals surface area (Å²) in [5, 5.41) is 25.1. The highest BCUT2D eigenvalue weighted by Crippen LogP contribution is 2.32.